The lowest BCUT2D eigenvalue weighted by atomic mass is 10.3. The van der Waals surface area contributed by atoms with Gasteiger partial charge in [-0.1, -0.05) is 13.3 Å². The van der Waals surface area contributed by atoms with Gasteiger partial charge in [0.05, 0.1) is 4.90 Å². The molecule has 0 saturated heterocycles. The average molecular weight is 284 g/mol. The number of benzene rings is 1. The summed E-state index contributed by atoms with van der Waals surface area (Å²) in [6.07, 6.45) is 1.78. The third kappa shape index (κ3) is 3.96. The van der Waals surface area contributed by atoms with Crippen molar-refractivity contribution in [3.63, 3.8) is 0 Å². The van der Waals surface area contributed by atoms with Gasteiger partial charge in [0.25, 0.3) is 0 Å². The molecule has 0 aliphatic heterocycles. The van der Waals surface area contributed by atoms with Gasteiger partial charge in [0.1, 0.15) is 5.25 Å². The monoisotopic (exact) mass is 284 g/mol. The molecule has 0 aliphatic rings. The van der Waals surface area contributed by atoms with Gasteiger partial charge in [-0.05, 0) is 37.6 Å². The number of hydrogen-bond acceptors (Lipinski definition) is 4. The number of hydrogen-bond donors (Lipinski definition) is 2. The molecule has 0 bridgehead atoms. The van der Waals surface area contributed by atoms with Crippen molar-refractivity contribution in [2.75, 3.05) is 12.3 Å². The number of carbonyl (C=O) groups is 1. The summed E-state index contributed by atoms with van der Waals surface area (Å²) in [7, 11) is -3.66. The first-order valence-corrected chi connectivity index (χ1v) is 7.81. The molecular weight excluding hydrogens is 264 g/mol. The van der Waals surface area contributed by atoms with Gasteiger partial charge in [-0.25, -0.2) is 8.42 Å². The molecule has 6 heteroatoms. The van der Waals surface area contributed by atoms with Gasteiger partial charge in [-0.15, -0.1) is 0 Å². The van der Waals surface area contributed by atoms with Crippen LogP contribution in [0.5, 0.6) is 0 Å². The molecule has 0 aromatic heterocycles. The van der Waals surface area contributed by atoms with Crippen LogP contribution in [0.2, 0.25) is 0 Å². The summed E-state index contributed by atoms with van der Waals surface area (Å²) in [4.78, 5) is 11.9. The highest BCUT2D eigenvalue weighted by Crippen LogP contribution is 2.17. The Kier molecular flexibility index (Phi) is 5.35. The van der Waals surface area contributed by atoms with E-state index in [2.05, 4.69) is 5.32 Å². The molecule has 1 rings (SSSR count). The highest BCUT2D eigenvalue weighted by atomic mass is 32.2. The van der Waals surface area contributed by atoms with Crippen molar-refractivity contribution in [1.82, 2.24) is 5.32 Å². The Labute approximate surface area is 114 Å². The fraction of sp³-hybridized carbons (Fsp3) is 0.462. The van der Waals surface area contributed by atoms with Crippen LogP contribution in [0.4, 0.5) is 5.69 Å². The second-order valence-corrected chi connectivity index (χ2v) is 6.67. The second kappa shape index (κ2) is 6.56. The van der Waals surface area contributed by atoms with Gasteiger partial charge in [0.15, 0.2) is 9.84 Å². The predicted molar refractivity (Wildman–Crippen MR) is 75.4 cm³/mol. The zero-order chi connectivity index (χ0) is 14.5. The van der Waals surface area contributed by atoms with Gasteiger partial charge in [0.2, 0.25) is 5.91 Å². The largest absolute Gasteiger partial charge is 0.399 e. The summed E-state index contributed by atoms with van der Waals surface area (Å²) >= 11 is 0. The van der Waals surface area contributed by atoms with E-state index in [4.69, 9.17) is 5.73 Å². The number of nitrogens with one attached hydrogen (secondary N) is 1. The van der Waals surface area contributed by atoms with Crippen LogP contribution in [0.25, 0.3) is 0 Å². The zero-order valence-electron chi connectivity index (χ0n) is 11.2. The fourth-order valence-electron chi connectivity index (χ4n) is 1.53. The first-order chi connectivity index (χ1) is 8.89. The summed E-state index contributed by atoms with van der Waals surface area (Å²) < 4.78 is 24.4. The summed E-state index contributed by atoms with van der Waals surface area (Å²) in [5, 5.41) is 1.52. The molecule has 0 fully saturated rings. The number of nitrogen functional groups attached to an aromatic ring is 1. The Bertz CT molecular complexity index is 523. The highest BCUT2D eigenvalue weighted by Gasteiger charge is 2.29. The zero-order valence-corrected chi connectivity index (χ0v) is 12.0. The number of unbranched alkanes of at least 4 members (excludes halogenated alkanes) is 1. The Morgan fingerprint density at radius 2 is 1.89 bits per heavy atom. The van der Waals surface area contributed by atoms with E-state index in [0.717, 1.165) is 12.8 Å². The molecule has 1 aromatic rings. The lowest BCUT2D eigenvalue weighted by Gasteiger charge is -2.13. The van der Waals surface area contributed by atoms with E-state index in [-0.39, 0.29) is 4.90 Å². The van der Waals surface area contributed by atoms with Crippen LogP contribution in [0.15, 0.2) is 29.2 Å². The van der Waals surface area contributed by atoms with Crippen molar-refractivity contribution in [2.45, 2.75) is 36.8 Å². The molecule has 0 heterocycles. The number of nitrogens with two attached hydrogens (primary N) is 1. The van der Waals surface area contributed by atoms with Gasteiger partial charge in [-0.2, -0.15) is 0 Å². The van der Waals surface area contributed by atoms with Crippen LogP contribution in [-0.2, 0) is 14.6 Å². The van der Waals surface area contributed by atoms with Crippen LogP contribution in [0.3, 0.4) is 0 Å². The Morgan fingerprint density at radius 3 is 2.42 bits per heavy atom. The van der Waals surface area contributed by atoms with E-state index in [0.29, 0.717) is 12.2 Å². The van der Waals surface area contributed by atoms with Crippen molar-refractivity contribution in [3.8, 4) is 0 Å². The standard InChI is InChI=1S/C13H20N2O3S/c1-3-4-9-15-13(16)10(2)19(17,18)12-7-5-11(14)6-8-12/h5-8,10H,3-4,9,14H2,1-2H3,(H,15,16)/t10-/m1/s1. The molecule has 0 aliphatic carbocycles. The van der Waals surface area contributed by atoms with Crippen molar-refractivity contribution in [3.05, 3.63) is 24.3 Å². The molecule has 0 radical (unpaired) electrons. The summed E-state index contributed by atoms with van der Waals surface area (Å²) in [5.74, 6) is -0.467. The van der Waals surface area contributed by atoms with Crippen LogP contribution in [0.1, 0.15) is 26.7 Å². The maximum Gasteiger partial charge on any atom is 0.238 e. The molecule has 5 nitrogen and oxygen atoms in total. The molecule has 1 amide bonds. The van der Waals surface area contributed by atoms with Crippen LogP contribution in [0, 0.1) is 0 Å². The Hall–Kier alpha value is -1.56. The SMILES string of the molecule is CCCCNC(=O)[C@@H](C)S(=O)(=O)c1ccc(N)cc1. The number of anilines is 1. The Morgan fingerprint density at radius 1 is 1.32 bits per heavy atom. The third-order valence-electron chi connectivity index (χ3n) is 2.87. The van der Waals surface area contributed by atoms with Gasteiger partial charge >= 0.3 is 0 Å². The average Bonchev–Trinajstić information content (AvgIpc) is 2.38. The minimum Gasteiger partial charge on any atom is -0.399 e. The first kappa shape index (κ1) is 15.5. The minimum absolute atomic E-state index is 0.111. The van der Waals surface area contributed by atoms with E-state index >= 15 is 0 Å². The van der Waals surface area contributed by atoms with Crippen LogP contribution >= 0.6 is 0 Å². The van der Waals surface area contributed by atoms with Gasteiger partial charge in [-0.3, -0.25) is 4.79 Å². The van der Waals surface area contributed by atoms with E-state index in [9.17, 15) is 13.2 Å². The normalized spacial score (nSPS) is 12.9. The number of carbonyl (C=O) groups excluding carboxylic acids is 1. The van der Waals surface area contributed by atoms with Crippen molar-refractivity contribution >= 4 is 21.4 Å². The summed E-state index contributed by atoms with van der Waals surface area (Å²) in [6, 6.07) is 5.85. The molecule has 106 valence electrons. The lowest BCUT2D eigenvalue weighted by Crippen LogP contribution is -2.38. The maximum atomic E-state index is 12.2. The third-order valence-corrected chi connectivity index (χ3v) is 4.95. The van der Waals surface area contributed by atoms with Crippen molar-refractivity contribution in [2.24, 2.45) is 0 Å². The molecule has 0 saturated carbocycles. The number of amides is 1. The van der Waals surface area contributed by atoms with Crippen LogP contribution < -0.4 is 11.1 Å². The van der Waals surface area contributed by atoms with Gasteiger partial charge < -0.3 is 11.1 Å². The smallest absolute Gasteiger partial charge is 0.238 e. The molecule has 3 N–H and O–H groups in total. The van der Waals surface area contributed by atoms with Crippen molar-refractivity contribution in [1.29, 1.82) is 0 Å². The van der Waals surface area contributed by atoms with E-state index < -0.39 is 21.0 Å². The molecule has 0 unspecified atom stereocenters. The topological polar surface area (TPSA) is 89.3 Å². The van der Waals surface area contributed by atoms with Crippen LogP contribution in [-0.4, -0.2) is 26.1 Å². The minimum atomic E-state index is -3.66. The molecule has 0 spiro atoms. The highest BCUT2D eigenvalue weighted by molar-refractivity contribution is 7.92. The molecule has 19 heavy (non-hydrogen) atoms. The second-order valence-electron chi connectivity index (χ2n) is 4.40. The first-order valence-electron chi connectivity index (χ1n) is 6.26. The quantitative estimate of drug-likeness (QED) is 0.609. The summed E-state index contributed by atoms with van der Waals surface area (Å²) in [6.45, 7) is 3.89. The predicted octanol–water partition coefficient (Wildman–Crippen LogP) is 1.35. The van der Waals surface area contributed by atoms with E-state index in [1.54, 1.807) is 0 Å². The number of rotatable bonds is 6. The van der Waals surface area contributed by atoms with Crippen molar-refractivity contribution < 1.29 is 13.2 Å². The van der Waals surface area contributed by atoms with E-state index in [1.807, 2.05) is 6.92 Å². The maximum absolute atomic E-state index is 12.2. The lowest BCUT2D eigenvalue weighted by molar-refractivity contribution is -0.120. The Balaban J connectivity index is 2.82. The summed E-state index contributed by atoms with van der Waals surface area (Å²) in [5.41, 5.74) is 6.00. The fourth-order valence-corrected chi connectivity index (χ4v) is 2.82. The number of sulfone groups is 1. The molecule has 1 aromatic carbocycles. The van der Waals surface area contributed by atoms with Gasteiger partial charge in [0, 0.05) is 12.2 Å². The molecular formula is C13H20N2O3S. The van der Waals surface area contributed by atoms with E-state index in [1.165, 1.54) is 31.2 Å². The molecule has 1 atom stereocenters.